The van der Waals surface area contributed by atoms with Crippen molar-refractivity contribution in [3.63, 3.8) is 0 Å². The predicted octanol–water partition coefficient (Wildman–Crippen LogP) is 1.48. The number of hydrogen-bond acceptors (Lipinski definition) is 4. The Morgan fingerprint density at radius 1 is 1.29 bits per heavy atom. The molecule has 0 spiro atoms. The number of piperidine rings is 1. The molecule has 2 saturated heterocycles. The van der Waals surface area contributed by atoms with Gasteiger partial charge < -0.3 is 20.7 Å². The van der Waals surface area contributed by atoms with Gasteiger partial charge in [0.2, 0.25) is 5.91 Å². The van der Waals surface area contributed by atoms with Gasteiger partial charge in [0.25, 0.3) is 0 Å². The van der Waals surface area contributed by atoms with Crippen LogP contribution >= 0.6 is 0 Å². The van der Waals surface area contributed by atoms with Crippen LogP contribution in [0.15, 0.2) is 30.3 Å². The highest BCUT2D eigenvalue weighted by molar-refractivity contribution is 5.87. The zero-order chi connectivity index (χ0) is 17.0. The summed E-state index contributed by atoms with van der Waals surface area (Å²) in [6.45, 7) is 6.79. The van der Waals surface area contributed by atoms with Gasteiger partial charge in [-0.2, -0.15) is 0 Å². The van der Waals surface area contributed by atoms with Crippen molar-refractivity contribution < 1.29 is 9.53 Å². The third kappa shape index (κ3) is 4.15. The standard InChI is InChI=1S/C19H29N3O2/c1-19(20,16-5-3-2-4-6-16)18(23)21-17-7-10-22(11-8-17)13-15-9-12-24-14-15/h2-6,15,17H,7-14,20H2,1H3,(H,21,23). The van der Waals surface area contributed by atoms with E-state index in [1.807, 2.05) is 30.3 Å². The number of nitrogens with two attached hydrogens (primary N) is 1. The van der Waals surface area contributed by atoms with Gasteiger partial charge in [0, 0.05) is 32.3 Å². The highest BCUT2D eigenvalue weighted by Crippen LogP contribution is 2.20. The number of carbonyl (C=O) groups is 1. The van der Waals surface area contributed by atoms with Gasteiger partial charge in [-0.1, -0.05) is 30.3 Å². The van der Waals surface area contributed by atoms with Crippen LogP contribution in [0.4, 0.5) is 0 Å². The summed E-state index contributed by atoms with van der Waals surface area (Å²) in [5, 5.41) is 3.16. The van der Waals surface area contributed by atoms with E-state index in [0.717, 1.165) is 51.3 Å². The van der Waals surface area contributed by atoms with Crippen molar-refractivity contribution in [2.24, 2.45) is 11.7 Å². The molecule has 0 radical (unpaired) electrons. The second-order valence-corrected chi connectivity index (χ2v) is 7.35. The maximum atomic E-state index is 12.6. The molecule has 5 nitrogen and oxygen atoms in total. The molecule has 2 fully saturated rings. The van der Waals surface area contributed by atoms with Crippen molar-refractivity contribution in [1.29, 1.82) is 0 Å². The van der Waals surface area contributed by atoms with Gasteiger partial charge in [-0.15, -0.1) is 0 Å². The van der Waals surface area contributed by atoms with Crippen LogP contribution in [0, 0.1) is 5.92 Å². The number of ether oxygens (including phenoxy) is 1. The summed E-state index contributed by atoms with van der Waals surface area (Å²) in [6.07, 6.45) is 3.16. The molecule has 0 saturated carbocycles. The van der Waals surface area contributed by atoms with E-state index >= 15 is 0 Å². The summed E-state index contributed by atoms with van der Waals surface area (Å²) in [4.78, 5) is 15.1. The van der Waals surface area contributed by atoms with E-state index in [4.69, 9.17) is 10.5 Å². The normalized spacial score (nSPS) is 25.3. The number of nitrogens with one attached hydrogen (secondary N) is 1. The number of amides is 1. The molecule has 2 atom stereocenters. The highest BCUT2D eigenvalue weighted by atomic mass is 16.5. The monoisotopic (exact) mass is 331 g/mol. The minimum Gasteiger partial charge on any atom is -0.381 e. The van der Waals surface area contributed by atoms with Gasteiger partial charge in [-0.05, 0) is 37.7 Å². The van der Waals surface area contributed by atoms with Crippen LogP contribution in [-0.2, 0) is 15.1 Å². The van der Waals surface area contributed by atoms with E-state index in [1.165, 1.54) is 6.42 Å². The first kappa shape index (κ1) is 17.4. The lowest BCUT2D eigenvalue weighted by Crippen LogP contribution is -2.54. The molecule has 1 aromatic carbocycles. The maximum absolute atomic E-state index is 12.6. The first-order valence-corrected chi connectivity index (χ1v) is 9.01. The molecule has 2 heterocycles. The zero-order valence-electron chi connectivity index (χ0n) is 14.5. The van der Waals surface area contributed by atoms with E-state index in [1.54, 1.807) is 6.92 Å². The summed E-state index contributed by atoms with van der Waals surface area (Å²) in [7, 11) is 0. The van der Waals surface area contributed by atoms with Gasteiger partial charge in [-0.25, -0.2) is 0 Å². The third-order valence-corrected chi connectivity index (χ3v) is 5.31. The van der Waals surface area contributed by atoms with Gasteiger partial charge >= 0.3 is 0 Å². The topological polar surface area (TPSA) is 67.6 Å². The molecule has 1 aromatic rings. The van der Waals surface area contributed by atoms with E-state index in [2.05, 4.69) is 10.2 Å². The zero-order valence-corrected chi connectivity index (χ0v) is 14.5. The lowest BCUT2D eigenvalue weighted by molar-refractivity contribution is -0.127. The molecule has 2 aliphatic heterocycles. The fraction of sp³-hybridized carbons (Fsp3) is 0.632. The molecule has 24 heavy (non-hydrogen) atoms. The van der Waals surface area contributed by atoms with Crippen molar-refractivity contribution in [2.75, 3.05) is 32.8 Å². The molecule has 1 amide bonds. The fourth-order valence-corrected chi connectivity index (χ4v) is 3.60. The maximum Gasteiger partial charge on any atom is 0.244 e. The molecule has 132 valence electrons. The largest absolute Gasteiger partial charge is 0.381 e. The average Bonchev–Trinajstić information content (AvgIpc) is 3.10. The Balaban J connectivity index is 1.47. The molecule has 0 aromatic heterocycles. The lowest BCUT2D eigenvalue weighted by atomic mass is 9.91. The van der Waals surface area contributed by atoms with Crippen molar-refractivity contribution in [3.8, 4) is 0 Å². The van der Waals surface area contributed by atoms with Crippen LogP contribution in [0.25, 0.3) is 0 Å². The summed E-state index contributed by atoms with van der Waals surface area (Å²) in [6, 6.07) is 9.80. The van der Waals surface area contributed by atoms with Crippen molar-refractivity contribution in [3.05, 3.63) is 35.9 Å². The minimum absolute atomic E-state index is 0.0867. The fourth-order valence-electron chi connectivity index (χ4n) is 3.60. The van der Waals surface area contributed by atoms with Crippen molar-refractivity contribution in [1.82, 2.24) is 10.2 Å². The third-order valence-electron chi connectivity index (χ3n) is 5.31. The Labute approximate surface area is 144 Å². The lowest BCUT2D eigenvalue weighted by Gasteiger charge is -2.35. The molecule has 3 N–H and O–H groups in total. The van der Waals surface area contributed by atoms with Gasteiger partial charge in [0.05, 0.1) is 6.61 Å². The minimum atomic E-state index is -0.987. The van der Waals surface area contributed by atoms with E-state index in [9.17, 15) is 4.79 Å². The number of rotatable bonds is 5. The Morgan fingerprint density at radius 2 is 2.00 bits per heavy atom. The summed E-state index contributed by atoms with van der Waals surface area (Å²) < 4.78 is 5.45. The van der Waals surface area contributed by atoms with Gasteiger partial charge in [-0.3, -0.25) is 4.79 Å². The smallest absolute Gasteiger partial charge is 0.244 e. The van der Waals surface area contributed by atoms with E-state index in [-0.39, 0.29) is 11.9 Å². The van der Waals surface area contributed by atoms with E-state index in [0.29, 0.717) is 5.92 Å². The highest BCUT2D eigenvalue weighted by Gasteiger charge is 2.33. The summed E-state index contributed by atoms with van der Waals surface area (Å²) in [5.41, 5.74) is 6.16. The molecular weight excluding hydrogens is 302 g/mol. The number of nitrogens with zero attached hydrogens (tertiary/aromatic N) is 1. The number of hydrogen-bond donors (Lipinski definition) is 2. The predicted molar refractivity (Wildman–Crippen MR) is 94.5 cm³/mol. The van der Waals surface area contributed by atoms with Gasteiger partial charge in [0.15, 0.2) is 0 Å². The number of likely N-dealkylation sites (tertiary alicyclic amines) is 1. The number of carbonyl (C=O) groups excluding carboxylic acids is 1. The quantitative estimate of drug-likeness (QED) is 0.857. The molecular formula is C19H29N3O2. The van der Waals surface area contributed by atoms with Gasteiger partial charge in [0.1, 0.15) is 5.54 Å². The molecule has 0 bridgehead atoms. The van der Waals surface area contributed by atoms with Crippen LogP contribution in [0.2, 0.25) is 0 Å². The summed E-state index contributed by atoms with van der Waals surface area (Å²) in [5.74, 6) is 0.595. The Hall–Kier alpha value is -1.43. The molecule has 3 rings (SSSR count). The van der Waals surface area contributed by atoms with Crippen LogP contribution in [0.1, 0.15) is 31.7 Å². The Morgan fingerprint density at radius 3 is 2.62 bits per heavy atom. The summed E-state index contributed by atoms with van der Waals surface area (Å²) >= 11 is 0. The van der Waals surface area contributed by atoms with Crippen LogP contribution in [0.5, 0.6) is 0 Å². The Kier molecular flexibility index (Phi) is 5.54. The van der Waals surface area contributed by atoms with Crippen molar-refractivity contribution >= 4 is 5.91 Å². The molecule has 5 heteroatoms. The molecule has 2 aliphatic rings. The average molecular weight is 331 g/mol. The second kappa shape index (κ2) is 7.64. The Bertz CT molecular complexity index is 533. The van der Waals surface area contributed by atoms with E-state index < -0.39 is 5.54 Å². The molecule has 2 unspecified atom stereocenters. The second-order valence-electron chi connectivity index (χ2n) is 7.35. The first-order valence-electron chi connectivity index (χ1n) is 9.01. The van der Waals surface area contributed by atoms with Crippen LogP contribution in [-0.4, -0.2) is 49.7 Å². The van der Waals surface area contributed by atoms with Crippen LogP contribution < -0.4 is 11.1 Å². The number of benzene rings is 1. The molecule has 0 aliphatic carbocycles. The van der Waals surface area contributed by atoms with Crippen molar-refractivity contribution in [2.45, 2.75) is 37.8 Å². The first-order chi connectivity index (χ1) is 11.6. The SMILES string of the molecule is CC(N)(C(=O)NC1CCN(CC2CCOC2)CC1)c1ccccc1. The van der Waals surface area contributed by atoms with Crippen LogP contribution in [0.3, 0.4) is 0 Å².